The summed E-state index contributed by atoms with van der Waals surface area (Å²) in [5.74, 6) is -0.0754. The summed E-state index contributed by atoms with van der Waals surface area (Å²) in [5, 5.41) is 19.2. The van der Waals surface area contributed by atoms with Crippen molar-refractivity contribution in [1.29, 1.82) is 0 Å². The predicted molar refractivity (Wildman–Crippen MR) is 58.7 cm³/mol. The van der Waals surface area contributed by atoms with Crippen LogP contribution >= 0.6 is 0 Å². The zero-order valence-electron chi connectivity index (χ0n) is 9.68. The molecule has 0 aliphatic rings. The molecule has 1 aromatic rings. The highest BCUT2D eigenvalue weighted by atomic mass is 16.2. The summed E-state index contributed by atoms with van der Waals surface area (Å²) >= 11 is 0. The summed E-state index contributed by atoms with van der Waals surface area (Å²) in [6.45, 7) is 4.14. The first-order valence-corrected chi connectivity index (χ1v) is 5.41. The minimum atomic E-state index is -0.0754. The second kappa shape index (κ2) is 6.22. The maximum Gasteiger partial charge on any atom is 0.241 e. The first kappa shape index (κ1) is 12.6. The maximum absolute atomic E-state index is 11.4. The monoisotopic (exact) mass is 226 g/mol. The molecule has 0 unspecified atom stereocenters. The fraction of sp³-hybridized carbons (Fsp3) is 0.700. The number of aliphatic hydroxyl groups is 1. The Bertz CT molecular complexity index is 335. The van der Waals surface area contributed by atoms with E-state index in [2.05, 4.69) is 15.6 Å². The Morgan fingerprint density at radius 3 is 3.00 bits per heavy atom. The molecular formula is C10H18N4O2. The van der Waals surface area contributed by atoms with Crippen LogP contribution in [0.2, 0.25) is 0 Å². The topological polar surface area (TPSA) is 80.0 Å². The third-order valence-electron chi connectivity index (χ3n) is 1.93. The van der Waals surface area contributed by atoms with E-state index in [9.17, 15) is 4.79 Å². The average Bonchev–Trinajstić information content (AvgIpc) is 2.61. The molecule has 0 aliphatic carbocycles. The smallest absolute Gasteiger partial charge is 0.241 e. The van der Waals surface area contributed by atoms with E-state index in [0.717, 1.165) is 5.69 Å². The van der Waals surface area contributed by atoms with Gasteiger partial charge in [-0.05, 0) is 26.7 Å². The van der Waals surface area contributed by atoms with Crippen LogP contribution in [0.1, 0.15) is 26.0 Å². The lowest BCUT2D eigenvalue weighted by atomic mass is 10.3. The largest absolute Gasteiger partial charge is 0.396 e. The van der Waals surface area contributed by atoms with Crippen LogP contribution in [0, 0.1) is 0 Å². The number of carbonyl (C=O) groups is 1. The van der Waals surface area contributed by atoms with Crippen molar-refractivity contribution >= 4 is 5.91 Å². The van der Waals surface area contributed by atoms with Crippen LogP contribution in [-0.4, -0.2) is 38.7 Å². The summed E-state index contributed by atoms with van der Waals surface area (Å²) in [4.78, 5) is 11.4. The van der Waals surface area contributed by atoms with E-state index in [1.807, 2.05) is 13.8 Å². The van der Waals surface area contributed by atoms with Crippen molar-refractivity contribution in [3.63, 3.8) is 0 Å². The van der Waals surface area contributed by atoms with Crippen LogP contribution in [0.3, 0.4) is 0 Å². The van der Waals surface area contributed by atoms with Crippen molar-refractivity contribution in [3.8, 4) is 0 Å². The number of aliphatic hydroxyl groups excluding tert-OH is 1. The Kier molecular flexibility index (Phi) is 4.91. The van der Waals surface area contributed by atoms with E-state index in [1.165, 1.54) is 4.68 Å². The maximum atomic E-state index is 11.4. The lowest BCUT2D eigenvalue weighted by Gasteiger charge is -2.07. The van der Waals surface area contributed by atoms with Gasteiger partial charge in [0.2, 0.25) is 5.91 Å². The molecule has 0 fully saturated rings. The average molecular weight is 226 g/mol. The van der Waals surface area contributed by atoms with Crippen molar-refractivity contribution in [2.75, 3.05) is 6.61 Å². The Morgan fingerprint density at radius 1 is 1.62 bits per heavy atom. The molecule has 0 saturated carbocycles. The highest BCUT2D eigenvalue weighted by molar-refractivity contribution is 5.75. The first-order valence-electron chi connectivity index (χ1n) is 5.41. The second-order valence-electron chi connectivity index (χ2n) is 3.96. The molecule has 0 aliphatic heterocycles. The third-order valence-corrected chi connectivity index (χ3v) is 1.93. The van der Waals surface area contributed by atoms with Gasteiger partial charge in [0.25, 0.3) is 0 Å². The molecule has 6 nitrogen and oxygen atoms in total. The van der Waals surface area contributed by atoms with E-state index in [-0.39, 0.29) is 25.1 Å². The van der Waals surface area contributed by atoms with Crippen molar-refractivity contribution < 1.29 is 9.90 Å². The quantitative estimate of drug-likeness (QED) is 0.699. The van der Waals surface area contributed by atoms with Crippen LogP contribution in [-0.2, 0) is 17.8 Å². The number of hydrogen-bond acceptors (Lipinski definition) is 4. The standard InChI is InChI=1S/C10H18N4O2/c1-8(2)11-10(16)7-14-6-9(12-13-14)4-3-5-15/h6,8,15H,3-5,7H2,1-2H3,(H,11,16). The van der Waals surface area contributed by atoms with Gasteiger partial charge in [0.05, 0.1) is 5.69 Å². The number of hydrogen-bond donors (Lipinski definition) is 2. The number of aromatic nitrogens is 3. The molecule has 0 aromatic carbocycles. The van der Waals surface area contributed by atoms with Crippen LogP contribution in [0.15, 0.2) is 6.20 Å². The van der Waals surface area contributed by atoms with Gasteiger partial charge < -0.3 is 10.4 Å². The number of aryl methyl sites for hydroxylation is 1. The molecule has 1 amide bonds. The van der Waals surface area contributed by atoms with E-state index in [0.29, 0.717) is 12.8 Å². The Morgan fingerprint density at radius 2 is 2.38 bits per heavy atom. The van der Waals surface area contributed by atoms with Gasteiger partial charge in [-0.3, -0.25) is 4.79 Å². The minimum absolute atomic E-state index is 0.0754. The molecule has 1 heterocycles. The fourth-order valence-electron chi connectivity index (χ4n) is 1.31. The SMILES string of the molecule is CC(C)NC(=O)Cn1cc(CCCO)nn1. The predicted octanol–water partition coefficient (Wildman–Crippen LogP) is -0.272. The summed E-state index contributed by atoms with van der Waals surface area (Å²) in [6, 6.07) is 0.130. The van der Waals surface area contributed by atoms with Gasteiger partial charge in [0.1, 0.15) is 6.54 Å². The molecule has 0 spiro atoms. The van der Waals surface area contributed by atoms with E-state index in [4.69, 9.17) is 5.11 Å². The van der Waals surface area contributed by atoms with E-state index < -0.39 is 0 Å². The molecule has 2 N–H and O–H groups in total. The molecule has 1 aromatic heterocycles. The van der Waals surface area contributed by atoms with Crippen molar-refractivity contribution in [1.82, 2.24) is 20.3 Å². The third kappa shape index (κ3) is 4.39. The molecule has 0 radical (unpaired) electrons. The fourth-order valence-corrected chi connectivity index (χ4v) is 1.31. The number of nitrogens with one attached hydrogen (secondary N) is 1. The van der Waals surface area contributed by atoms with Crippen LogP contribution in [0.25, 0.3) is 0 Å². The number of rotatable bonds is 6. The normalized spacial score (nSPS) is 10.8. The van der Waals surface area contributed by atoms with Gasteiger partial charge in [-0.25, -0.2) is 4.68 Å². The highest BCUT2D eigenvalue weighted by Crippen LogP contribution is 1.97. The summed E-state index contributed by atoms with van der Waals surface area (Å²) in [7, 11) is 0. The summed E-state index contributed by atoms with van der Waals surface area (Å²) in [5.41, 5.74) is 0.798. The number of amides is 1. The molecule has 1 rings (SSSR count). The van der Waals surface area contributed by atoms with Crippen molar-refractivity contribution in [2.24, 2.45) is 0 Å². The van der Waals surface area contributed by atoms with Gasteiger partial charge in [-0.15, -0.1) is 5.10 Å². The zero-order valence-corrected chi connectivity index (χ0v) is 9.68. The van der Waals surface area contributed by atoms with Gasteiger partial charge in [-0.2, -0.15) is 0 Å². The van der Waals surface area contributed by atoms with E-state index >= 15 is 0 Å². The molecule has 16 heavy (non-hydrogen) atoms. The summed E-state index contributed by atoms with van der Waals surface area (Å²) < 4.78 is 1.50. The molecule has 90 valence electrons. The first-order chi connectivity index (χ1) is 7.61. The molecular weight excluding hydrogens is 208 g/mol. The van der Waals surface area contributed by atoms with Crippen molar-refractivity contribution in [2.45, 2.75) is 39.3 Å². The molecule has 0 saturated heterocycles. The lowest BCUT2D eigenvalue weighted by molar-refractivity contribution is -0.122. The molecule has 0 atom stereocenters. The van der Waals surface area contributed by atoms with Crippen LogP contribution in [0.5, 0.6) is 0 Å². The zero-order chi connectivity index (χ0) is 12.0. The summed E-state index contributed by atoms with van der Waals surface area (Å²) in [6.07, 6.45) is 3.08. The van der Waals surface area contributed by atoms with Crippen LogP contribution < -0.4 is 5.32 Å². The molecule has 0 bridgehead atoms. The van der Waals surface area contributed by atoms with Gasteiger partial charge in [0, 0.05) is 18.8 Å². The number of carbonyl (C=O) groups excluding carboxylic acids is 1. The van der Waals surface area contributed by atoms with Gasteiger partial charge in [-0.1, -0.05) is 5.21 Å². The number of nitrogens with zero attached hydrogens (tertiary/aromatic N) is 3. The Labute approximate surface area is 94.7 Å². The Hall–Kier alpha value is -1.43. The minimum Gasteiger partial charge on any atom is -0.396 e. The lowest BCUT2D eigenvalue weighted by Crippen LogP contribution is -2.33. The van der Waals surface area contributed by atoms with Crippen molar-refractivity contribution in [3.05, 3.63) is 11.9 Å². The van der Waals surface area contributed by atoms with E-state index in [1.54, 1.807) is 6.20 Å². The van der Waals surface area contributed by atoms with Crippen LogP contribution in [0.4, 0.5) is 0 Å². The highest BCUT2D eigenvalue weighted by Gasteiger charge is 2.06. The second-order valence-corrected chi connectivity index (χ2v) is 3.96. The Balaban J connectivity index is 2.42. The molecule has 6 heteroatoms. The van der Waals surface area contributed by atoms with Gasteiger partial charge in [0.15, 0.2) is 0 Å². The van der Waals surface area contributed by atoms with Gasteiger partial charge >= 0.3 is 0 Å².